The zero-order chi connectivity index (χ0) is 30.5. The Kier molecular flexibility index (Phi) is 9.26. The molecule has 0 bridgehead atoms. The molecule has 0 saturated carbocycles. The molecule has 3 amide bonds. The van der Waals surface area contributed by atoms with Gasteiger partial charge in [-0.2, -0.15) is 26.3 Å². The van der Waals surface area contributed by atoms with E-state index in [4.69, 9.17) is 5.73 Å². The SMILES string of the molecule is C.Cc1cc(F)ccc1[C@H]1C[C@@]2(CCC(C(N)=O)N2)CCN1C(=O)N(C)[C@H](C)c1cc(C(F)(F)F)cc(C(F)(F)F)c1. The number of nitrogens with zero attached hydrogens (tertiary/aromatic N) is 2. The van der Waals surface area contributed by atoms with Crippen molar-refractivity contribution < 1.29 is 40.3 Å². The van der Waals surface area contributed by atoms with Gasteiger partial charge in [-0.3, -0.25) is 4.79 Å². The van der Waals surface area contributed by atoms with Gasteiger partial charge in [0.25, 0.3) is 0 Å². The smallest absolute Gasteiger partial charge is 0.368 e. The molecule has 2 aromatic rings. The van der Waals surface area contributed by atoms with Crippen LogP contribution in [0.2, 0.25) is 0 Å². The fourth-order valence-corrected chi connectivity index (χ4v) is 5.91. The molecule has 2 heterocycles. The van der Waals surface area contributed by atoms with E-state index in [-0.39, 0.29) is 25.6 Å². The Bertz CT molecular complexity index is 1300. The van der Waals surface area contributed by atoms with E-state index >= 15 is 0 Å². The number of carbonyl (C=O) groups excluding carboxylic acids is 2. The summed E-state index contributed by atoms with van der Waals surface area (Å²) in [7, 11) is 1.32. The van der Waals surface area contributed by atoms with Gasteiger partial charge in [-0.15, -0.1) is 0 Å². The lowest BCUT2D eigenvalue weighted by atomic mass is 9.79. The Morgan fingerprint density at radius 1 is 1.05 bits per heavy atom. The first-order valence-electron chi connectivity index (χ1n) is 13.1. The number of urea groups is 1. The van der Waals surface area contributed by atoms with Crippen molar-refractivity contribution >= 4 is 11.9 Å². The number of piperidine rings is 1. The lowest BCUT2D eigenvalue weighted by molar-refractivity contribution is -0.143. The van der Waals surface area contributed by atoms with Crippen LogP contribution in [-0.4, -0.2) is 46.9 Å². The lowest BCUT2D eigenvalue weighted by Crippen LogP contribution is -2.57. The second-order valence-electron chi connectivity index (χ2n) is 11.0. The predicted octanol–water partition coefficient (Wildman–Crippen LogP) is 6.73. The number of aryl methyl sites for hydroxylation is 1. The quantitative estimate of drug-likeness (QED) is 0.380. The summed E-state index contributed by atoms with van der Waals surface area (Å²) in [6.45, 7) is 3.21. The summed E-state index contributed by atoms with van der Waals surface area (Å²) in [6, 6.07) is 2.49. The molecule has 1 spiro atoms. The minimum atomic E-state index is -5.03. The minimum Gasteiger partial charge on any atom is -0.368 e. The summed E-state index contributed by atoms with van der Waals surface area (Å²) in [4.78, 5) is 28.3. The third-order valence-electron chi connectivity index (χ3n) is 8.34. The number of likely N-dealkylation sites (tertiary alicyclic amines) is 1. The third-order valence-corrected chi connectivity index (χ3v) is 8.34. The number of rotatable bonds is 4. The molecule has 2 aliphatic rings. The summed E-state index contributed by atoms with van der Waals surface area (Å²) in [5.74, 6) is -0.971. The van der Waals surface area contributed by atoms with E-state index in [9.17, 15) is 40.3 Å². The number of alkyl halides is 6. The molecule has 4 atom stereocenters. The van der Waals surface area contributed by atoms with Gasteiger partial charge in [0.1, 0.15) is 5.82 Å². The zero-order valence-electron chi connectivity index (χ0n) is 22.7. The molecule has 2 fully saturated rings. The maximum absolute atomic E-state index is 13.9. The topological polar surface area (TPSA) is 78.7 Å². The number of hydrogen-bond donors (Lipinski definition) is 2. The molecule has 2 aliphatic heterocycles. The molecule has 0 aliphatic carbocycles. The van der Waals surface area contributed by atoms with Crippen LogP contribution in [0.25, 0.3) is 0 Å². The Morgan fingerprint density at radius 3 is 2.14 bits per heavy atom. The second-order valence-corrected chi connectivity index (χ2v) is 11.0. The molecule has 3 N–H and O–H groups in total. The van der Waals surface area contributed by atoms with Crippen molar-refractivity contribution in [2.24, 2.45) is 5.73 Å². The first-order chi connectivity index (χ1) is 18.9. The van der Waals surface area contributed by atoms with Gasteiger partial charge in [0.2, 0.25) is 5.91 Å². The van der Waals surface area contributed by atoms with Crippen LogP contribution in [0.1, 0.15) is 79.9 Å². The van der Waals surface area contributed by atoms with Crippen molar-refractivity contribution in [3.63, 3.8) is 0 Å². The Hall–Kier alpha value is -3.35. The monoisotopic (exact) mass is 604 g/mol. The van der Waals surface area contributed by atoms with E-state index < -0.39 is 64.9 Å². The Balaban J connectivity index is 0.00000484. The van der Waals surface area contributed by atoms with E-state index in [2.05, 4.69) is 5.32 Å². The van der Waals surface area contributed by atoms with Gasteiger partial charge in [0.05, 0.1) is 29.3 Å². The van der Waals surface area contributed by atoms with Crippen molar-refractivity contribution in [1.29, 1.82) is 0 Å². The molecule has 6 nitrogen and oxygen atoms in total. The number of nitrogens with two attached hydrogens (primary N) is 1. The minimum absolute atomic E-state index is 0. The first-order valence-corrected chi connectivity index (χ1v) is 13.1. The molecule has 42 heavy (non-hydrogen) atoms. The predicted molar refractivity (Wildman–Crippen MR) is 143 cm³/mol. The Labute approximate surface area is 240 Å². The van der Waals surface area contributed by atoms with Gasteiger partial charge in [0, 0.05) is 19.1 Å². The Morgan fingerprint density at radius 2 is 1.64 bits per heavy atom. The van der Waals surface area contributed by atoms with Crippen molar-refractivity contribution in [2.45, 2.75) is 83.0 Å². The number of nitrogens with one attached hydrogen (secondary N) is 1. The van der Waals surface area contributed by atoms with Gasteiger partial charge in [0.15, 0.2) is 0 Å². The van der Waals surface area contributed by atoms with Gasteiger partial charge < -0.3 is 20.9 Å². The molecule has 4 rings (SSSR count). The molecule has 0 aromatic heterocycles. The molecule has 1 unspecified atom stereocenters. The molecular weight excluding hydrogens is 569 g/mol. The number of carbonyl (C=O) groups is 2. The fourth-order valence-electron chi connectivity index (χ4n) is 5.91. The number of halogens is 7. The lowest BCUT2D eigenvalue weighted by Gasteiger charge is -2.47. The number of benzene rings is 2. The standard InChI is InChI=1S/C28H31F7N4O2.CH4/c1-15-10-20(29)4-5-21(15)23-14-26(7-6-22(37-26)24(36)40)8-9-39(23)25(41)38(3)16(2)17-11-18(27(30,31)32)13-19(12-17)28(33,34)35;/h4-5,10-13,16,22-23,37H,6-9,14H2,1-3H3,(H2,36,40);1H4/t16-,22?,23-,26-;/m1./s1. The van der Waals surface area contributed by atoms with Gasteiger partial charge in [-0.05, 0) is 86.6 Å². The summed E-state index contributed by atoms with van der Waals surface area (Å²) in [5, 5.41) is 3.30. The van der Waals surface area contributed by atoms with Crippen LogP contribution in [0, 0.1) is 12.7 Å². The molecule has 2 saturated heterocycles. The summed E-state index contributed by atoms with van der Waals surface area (Å²) in [5.41, 5.74) is 2.91. The van der Waals surface area contributed by atoms with Gasteiger partial charge >= 0.3 is 18.4 Å². The van der Waals surface area contributed by atoms with Crippen LogP contribution in [-0.2, 0) is 17.1 Å². The van der Waals surface area contributed by atoms with Crippen molar-refractivity contribution in [3.05, 3.63) is 70.0 Å². The van der Waals surface area contributed by atoms with E-state index in [0.717, 1.165) is 4.90 Å². The normalized spacial score (nSPS) is 23.4. The molecule has 2 aromatic carbocycles. The van der Waals surface area contributed by atoms with Crippen LogP contribution in [0.15, 0.2) is 36.4 Å². The van der Waals surface area contributed by atoms with E-state index in [1.54, 1.807) is 13.0 Å². The highest BCUT2D eigenvalue weighted by Gasteiger charge is 2.48. The zero-order valence-corrected chi connectivity index (χ0v) is 22.7. The highest BCUT2D eigenvalue weighted by Crippen LogP contribution is 2.44. The molecular formula is C29H35F7N4O2. The number of primary amides is 1. The number of hydrogen-bond acceptors (Lipinski definition) is 3. The van der Waals surface area contributed by atoms with Crippen molar-refractivity contribution in [3.8, 4) is 0 Å². The first kappa shape index (κ1) is 33.2. The van der Waals surface area contributed by atoms with E-state index in [0.29, 0.717) is 48.9 Å². The largest absolute Gasteiger partial charge is 0.416 e. The van der Waals surface area contributed by atoms with Crippen molar-refractivity contribution in [1.82, 2.24) is 15.1 Å². The molecule has 232 valence electrons. The van der Waals surface area contributed by atoms with Crippen LogP contribution in [0.5, 0.6) is 0 Å². The van der Waals surface area contributed by atoms with Crippen molar-refractivity contribution in [2.75, 3.05) is 13.6 Å². The average Bonchev–Trinajstić information content (AvgIpc) is 3.29. The second kappa shape index (κ2) is 11.7. The highest BCUT2D eigenvalue weighted by molar-refractivity contribution is 5.80. The summed E-state index contributed by atoms with van der Waals surface area (Å²) in [6.07, 6.45) is -8.16. The van der Waals surface area contributed by atoms with E-state index in [1.807, 2.05) is 0 Å². The molecule has 13 heteroatoms. The maximum Gasteiger partial charge on any atom is 0.416 e. The summed E-state index contributed by atoms with van der Waals surface area (Å²) < 4.78 is 94.7. The van der Waals surface area contributed by atoms with Gasteiger partial charge in [-0.1, -0.05) is 13.5 Å². The van der Waals surface area contributed by atoms with Crippen LogP contribution < -0.4 is 11.1 Å². The van der Waals surface area contributed by atoms with Crippen LogP contribution >= 0.6 is 0 Å². The maximum atomic E-state index is 13.9. The third kappa shape index (κ3) is 6.66. The van der Waals surface area contributed by atoms with E-state index in [1.165, 1.54) is 31.0 Å². The summed E-state index contributed by atoms with van der Waals surface area (Å²) >= 11 is 0. The van der Waals surface area contributed by atoms with Gasteiger partial charge in [-0.25, -0.2) is 9.18 Å². The highest BCUT2D eigenvalue weighted by atomic mass is 19.4. The average molecular weight is 605 g/mol. The fraction of sp³-hybridized carbons (Fsp3) is 0.517. The van der Waals surface area contributed by atoms with Crippen LogP contribution in [0.3, 0.4) is 0 Å². The van der Waals surface area contributed by atoms with Crippen LogP contribution in [0.4, 0.5) is 35.5 Å². The molecule has 0 radical (unpaired) electrons. The number of amides is 3.